The maximum absolute atomic E-state index is 13.1. The number of anilines is 2. The van der Waals surface area contributed by atoms with Crippen LogP contribution in [-0.4, -0.2) is 45.5 Å². The Kier molecular flexibility index (Phi) is 3.87. The van der Waals surface area contributed by atoms with E-state index in [1.807, 2.05) is 24.3 Å². The first-order valence-electron chi connectivity index (χ1n) is 9.53. The number of carbonyl (C=O) groups is 2. The third kappa shape index (κ3) is 2.75. The third-order valence-electron chi connectivity index (χ3n) is 5.79. The first kappa shape index (κ1) is 17.4. The molecular formula is C21H19N5O3. The molecule has 8 heteroatoms. The highest BCUT2D eigenvalue weighted by Gasteiger charge is 2.45. The van der Waals surface area contributed by atoms with Gasteiger partial charge in [-0.25, -0.2) is 5.10 Å². The summed E-state index contributed by atoms with van der Waals surface area (Å²) in [6, 6.07) is 14.5. The molecule has 8 nitrogen and oxygen atoms in total. The SMILES string of the molecule is O=C(c1n[nH]c(=O)c2ccccc12)N1CCC2(CC1)Nc1ccccc1NC2=O. The predicted octanol–water partition coefficient (Wildman–Crippen LogP) is 1.96. The van der Waals surface area contributed by atoms with E-state index in [0.29, 0.717) is 36.7 Å². The van der Waals surface area contributed by atoms with E-state index in [9.17, 15) is 14.4 Å². The molecule has 0 unspecified atom stereocenters. The molecule has 1 spiro atoms. The summed E-state index contributed by atoms with van der Waals surface area (Å²) >= 11 is 0. The van der Waals surface area contributed by atoms with Crippen LogP contribution >= 0.6 is 0 Å². The van der Waals surface area contributed by atoms with Gasteiger partial charge in [0.1, 0.15) is 5.54 Å². The number of nitrogens with zero attached hydrogens (tertiary/aromatic N) is 2. The predicted molar refractivity (Wildman–Crippen MR) is 109 cm³/mol. The minimum atomic E-state index is -0.731. The molecule has 3 aromatic rings. The molecule has 146 valence electrons. The molecule has 0 atom stereocenters. The molecule has 1 saturated heterocycles. The van der Waals surface area contributed by atoms with Crippen molar-refractivity contribution in [3.05, 3.63) is 64.6 Å². The minimum Gasteiger partial charge on any atom is -0.369 e. The van der Waals surface area contributed by atoms with Crippen LogP contribution < -0.4 is 16.2 Å². The summed E-state index contributed by atoms with van der Waals surface area (Å²) in [5, 5.41) is 13.7. The Balaban J connectivity index is 1.39. The second-order valence-corrected chi connectivity index (χ2v) is 7.45. The van der Waals surface area contributed by atoms with Gasteiger partial charge in [-0.2, -0.15) is 5.10 Å². The van der Waals surface area contributed by atoms with Gasteiger partial charge < -0.3 is 15.5 Å². The summed E-state index contributed by atoms with van der Waals surface area (Å²) in [4.78, 5) is 39.5. The topological polar surface area (TPSA) is 107 Å². The van der Waals surface area contributed by atoms with Gasteiger partial charge in [-0.1, -0.05) is 30.3 Å². The van der Waals surface area contributed by atoms with Crippen molar-refractivity contribution in [1.82, 2.24) is 15.1 Å². The van der Waals surface area contributed by atoms with Crippen molar-refractivity contribution in [2.24, 2.45) is 0 Å². The average Bonchev–Trinajstić information content (AvgIpc) is 2.75. The van der Waals surface area contributed by atoms with Crippen LogP contribution in [0.2, 0.25) is 0 Å². The number of H-pyrrole nitrogens is 1. The smallest absolute Gasteiger partial charge is 0.274 e. The van der Waals surface area contributed by atoms with Gasteiger partial charge in [0.15, 0.2) is 5.69 Å². The van der Waals surface area contributed by atoms with E-state index in [2.05, 4.69) is 20.8 Å². The Bertz CT molecular complexity index is 1190. The van der Waals surface area contributed by atoms with Gasteiger partial charge in [0.05, 0.1) is 16.8 Å². The zero-order valence-corrected chi connectivity index (χ0v) is 15.6. The maximum Gasteiger partial charge on any atom is 0.274 e. The fourth-order valence-electron chi connectivity index (χ4n) is 4.13. The Hall–Kier alpha value is -3.68. The van der Waals surface area contributed by atoms with Crippen LogP contribution in [0.1, 0.15) is 23.3 Å². The second-order valence-electron chi connectivity index (χ2n) is 7.45. The average molecular weight is 389 g/mol. The highest BCUT2D eigenvalue weighted by molar-refractivity contribution is 6.07. The van der Waals surface area contributed by atoms with E-state index in [1.54, 1.807) is 29.2 Å². The van der Waals surface area contributed by atoms with Gasteiger partial charge in [-0.15, -0.1) is 0 Å². The fraction of sp³-hybridized carbons (Fsp3) is 0.238. The van der Waals surface area contributed by atoms with Crippen molar-refractivity contribution in [3.63, 3.8) is 0 Å². The van der Waals surface area contributed by atoms with Crippen molar-refractivity contribution in [2.45, 2.75) is 18.4 Å². The van der Waals surface area contributed by atoms with E-state index < -0.39 is 5.54 Å². The van der Waals surface area contributed by atoms with Gasteiger partial charge in [-0.05, 0) is 31.0 Å². The largest absolute Gasteiger partial charge is 0.369 e. The molecule has 1 aromatic heterocycles. The lowest BCUT2D eigenvalue weighted by atomic mass is 9.84. The Morgan fingerprint density at radius 2 is 1.59 bits per heavy atom. The minimum absolute atomic E-state index is 0.0732. The Morgan fingerprint density at radius 3 is 2.34 bits per heavy atom. The number of fused-ring (bicyclic) bond motifs is 2. The number of para-hydroxylation sites is 2. The number of aromatic nitrogens is 2. The van der Waals surface area contributed by atoms with Crippen LogP contribution in [0.4, 0.5) is 11.4 Å². The lowest BCUT2D eigenvalue weighted by Crippen LogP contribution is -2.59. The second kappa shape index (κ2) is 6.44. The van der Waals surface area contributed by atoms with Crippen molar-refractivity contribution < 1.29 is 9.59 Å². The summed E-state index contributed by atoms with van der Waals surface area (Å²) in [5.41, 5.74) is 0.829. The number of piperidine rings is 1. The zero-order chi connectivity index (χ0) is 20.0. The monoisotopic (exact) mass is 389 g/mol. The molecular weight excluding hydrogens is 370 g/mol. The number of aromatic amines is 1. The highest BCUT2D eigenvalue weighted by atomic mass is 16.2. The van der Waals surface area contributed by atoms with Gasteiger partial charge in [0.25, 0.3) is 11.5 Å². The molecule has 0 aliphatic carbocycles. The van der Waals surface area contributed by atoms with Crippen LogP contribution in [0.25, 0.3) is 10.8 Å². The van der Waals surface area contributed by atoms with Crippen LogP contribution in [-0.2, 0) is 4.79 Å². The first-order valence-corrected chi connectivity index (χ1v) is 9.53. The van der Waals surface area contributed by atoms with Crippen molar-refractivity contribution in [2.75, 3.05) is 23.7 Å². The normalized spacial score (nSPS) is 17.5. The molecule has 0 saturated carbocycles. The number of hydrogen-bond acceptors (Lipinski definition) is 5. The Labute approximate surface area is 165 Å². The molecule has 29 heavy (non-hydrogen) atoms. The number of amides is 2. The molecule has 3 heterocycles. The molecule has 5 rings (SSSR count). The number of benzene rings is 2. The van der Waals surface area contributed by atoms with E-state index >= 15 is 0 Å². The molecule has 2 aliphatic heterocycles. The summed E-state index contributed by atoms with van der Waals surface area (Å²) in [6.45, 7) is 0.826. The van der Waals surface area contributed by atoms with Gasteiger partial charge in [-0.3, -0.25) is 14.4 Å². The fourth-order valence-corrected chi connectivity index (χ4v) is 4.13. The summed E-state index contributed by atoms with van der Waals surface area (Å²) in [6.07, 6.45) is 0.973. The first-order chi connectivity index (χ1) is 14.1. The molecule has 2 aliphatic rings. The summed E-state index contributed by atoms with van der Waals surface area (Å²) < 4.78 is 0. The highest BCUT2D eigenvalue weighted by Crippen LogP contribution is 2.36. The van der Waals surface area contributed by atoms with Crippen molar-refractivity contribution in [1.29, 1.82) is 0 Å². The number of carbonyl (C=O) groups excluding carboxylic acids is 2. The number of nitrogens with one attached hydrogen (secondary N) is 3. The molecule has 3 N–H and O–H groups in total. The third-order valence-corrected chi connectivity index (χ3v) is 5.79. The van der Waals surface area contributed by atoms with E-state index in [0.717, 1.165) is 11.4 Å². The lowest BCUT2D eigenvalue weighted by molar-refractivity contribution is -0.122. The maximum atomic E-state index is 13.1. The quantitative estimate of drug-likeness (QED) is 0.590. The van der Waals surface area contributed by atoms with E-state index in [1.165, 1.54) is 0 Å². The number of likely N-dealkylation sites (tertiary alicyclic amines) is 1. The van der Waals surface area contributed by atoms with E-state index in [4.69, 9.17) is 0 Å². The van der Waals surface area contributed by atoms with Crippen LogP contribution in [0.5, 0.6) is 0 Å². The van der Waals surface area contributed by atoms with Crippen LogP contribution in [0.3, 0.4) is 0 Å². The molecule has 0 radical (unpaired) electrons. The van der Waals surface area contributed by atoms with Gasteiger partial charge in [0, 0.05) is 18.5 Å². The zero-order valence-electron chi connectivity index (χ0n) is 15.6. The van der Waals surface area contributed by atoms with Crippen molar-refractivity contribution >= 4 is 34.0 Å². The van der Waals surface area contributed by atoms with Crippen molar-refractivity contribution in [3.8, 4) is 0 Å². The number of rotatable bonds is 1. The number of hydrogen-bond donors (Lipinski definition) is 3. The molecule has 1 fully saturated rings. The molecule has 2 aromatic carbocycles. The van der Waals surface area contributed by atoms with Crippen LogP contribution in [0.15, 0.2) is 53.3 Å². The molecule has 2 amide bonds. The lowest BCUT2D eigenvalue weighted by Gasteiger charge is -2.44. The Morgan fingerprint density at radius 1 is 0.931 bits per heavy atom. The van der Waals surface area contributed by atoms with Crippen LogP contribution in [0, 0.1) is 0 Å². The summed E-state index contributed by atoms with van der Waals surface area (Å²) in [5.74, 6) is -0.320. The molecule has 0 bridgehead atoms. The van der Waals surface area contributed by atoms with Gasteiger partial charge >= 0.3 is 0 Å². The van der Waals surface area contributed by atoms with E-state index in [-0.39, 0.29) is 23.1 Å². The van der Waals surface area contributed by atoms with Gasteiger partial charge in [0.2, 0.25) is 5.91 Å². The standard InChI is InChI=1S/C21H19N5O3/c27-18-14-6-2-1-5-13(14)17(24-25-18)19(28)26-11-9-21(10-12-26)20(29)22-15-7-3-4-8-16(15)23-21/h1-8,23H,9-12H2,(H,22,29)(H,25,27). The summed E-state index contributed by atoms with van der Waals surface area (Å²) in [7, 11) is 0.